The van der Waals surface area contributed by atoms with Gasteiger partial charge in [-0.3, -0.25) is 0 Å². The first-order valence-electron chi connectivity index (χ1n) is 7.89. The van der Waals surface area contributed by atoms with Crippen molar-refractivity contribution in [1.82, 2.24) is 14.5 Å². The van der Waals surface area contributed by atoms with E-state index in [0.29, 0.717) is 17.4 Å². The number of hydrogen-bond acceptors (Lipinski definition) is 4. The maximum absolute atomic E-state index is 12.5. The van der Waals surface area contributed by atoms with E-state index in [-0.39, 0.29) is 0 Å². The van der Waals surface area contributed by atoms with Crippen molar-refractivity contribution in [3.63, 3.8) is 0 Å². The summed E-state index contributed by atoms with van der Waals surface area (Å²) in [4.78, 5) is 21.1. The lowest BCUT2D eigenvalue weighted by atomic mass is 10.2. The molecule has 2 heterocycles. The van der Waals surface area contributed by atoms with Crippen LogP contribution in [0.15, 0.2) is 73.1 Å². The number of ether oxygens (including phenoxy) is 1. The highest BCUT2D eigenvalue weighted by molar-refractivity contribution is 5.92. The van der Waals surface area contributed by atoms with E-state index < -0.39 is 5.97 Å². The molecule has 2 aromatic carbocycles. The summed E-state index contributed by atoms with van der Waals surface area (Å²) in [5.74, 6) is 0.426. The van der Waals surface area contributed by atoms with Gasteiger partial charge in [0.05, 0.1) is 11.1 Å². The van der Waals surface area contributed by atoms with Gasteiger partial charge in [0, 0.05) is 23.8 Å². The number of carbonyl (C=O) groups is 1. The third kappa shape index (κ3) is 2.87. The number of hydrogen-bond donors (Lipinski definition) is 0. The van der Waals surface area contributed by atoms with E-state index in [1.54, 1.807) is 47.3 Å². The molecule has 0 bridgehead atoms. The van der Waals surface area contributed by atoms with Gasteiger partial charge in [-0.15, -0.1) is 0 Å². The van der Waals surface area contributed by atoms with Crippen LogP contribution in [0.4, 0.5) is 0 Å². The van der Waals surface area contributed by atoms with Crippen LogP contribution in [0.25, 0.3) is 16.9 Å². The molecule has 2 aromatic heterocycles. The lowest BCUT2D eigenvalue weighted by molar-refractivity contribution is 0.0725. The molecule has 5 nitrogen and oxygen atoms in total. The summed E-state index contributed by atoms with van der Waals surface area (Å²) in [6.45, 7) is 2.02. The monoisotopic (exact) mass is 329 g/mol. The van der Waals surface area contributed by atoms with Crippen LogP contribution in [0.3, 0.4) is 0 Å². The van der Waals surface area contributed by atoms with Crippen molar-refractivity contribution in [2.45, 2.75) is 6.92 Å². The fourth-order valence-electron chi connectivity index (χ4n) is 2.73. The summed E-state index contributed by atoms with van der Waals surface area (Å²) in [6, 6.07) is 18.5. The summed E-state index contributed by atoms with van der Waals surface area (Å²) in [7, 11) is 0. The van der Waals surface area contributed by atoms with Gasteiger partial charge in [0.2, 0.25) is 11.8 Å². The molecule has 122 valence electrons. The Morgan fingerprint density at radius 3 is 2.48 bits per heavy atom. The van der Waals surface area contributed by atoms with E-state index >= 15 is 0 Å². The van der Waals surface area contributed by atoms with Crippen LogP contribution >= 0.6 is 0 Å². The maximum Gasteiger partial charge on any atom is 0.344 e. The highest BCUT2D eigenvalue weighted by atomic mass is 16.5. The van der Waals surface area contributed by atoms with Gasteiger partial charge >= 0.3 is 5.97 Å². The second-order valence-electron chi connectivity index (χ2n) is 5.68. The SMILES string of the molecule is Cc1ccc2c(c1)cc(OC(=O)c1ccccc1)n2-c1ncccn1. The Morgan fingerprint density at radius 1 is 0.960 bits per heavy atom. The minimum absolute atomic E-state index is 0.389. The van der Waals surface area contributed by atoms with E-state index in [0.717, 1.165) is 16.5 Å². The summed E-state index contributed by atoms with van der Waals surface area (Å²) in [5.41, 5.74) is 2.50. The number of esters is 1. The van der Waals surface area contributed by atoms with Crippen molar-refractivity contribution in [3.8, 4) is 11.8 Å². The molecule has 0 saturated heterocycles. The van der Waals surface area contributed by atoms with E-state index in [1.807, 2.05) is 37.3 Å². The zero-order valence-corrected chi connectivity index (χ0v) is 13.6. The van der Waals surface area contributed by atoms with Crippen LogP contribution in [0, 0.1) is 6.92 Å². The summed E-state index contributed by atoms with van der Waals surface area (Å²) >= 11 is 0. The van der Waals surface area contributed by atoms with Crippen LogP contribution < -0.4 is 4.74 Å². The van der Waals surface area contributed by atoms with Crippen molar-refractivity contribution in [3.05, 3.63) is 84.2 Å². The highest BCUT2D eigenvalue weighted by Crippen LogP contribution is 2.29. The molecule has 0 aliphatic rings. The Balaban J connectivity index is 1.84. The number of benzene rings is 2. The first kappa shape index (κ1) is 15.1. The van der Waals surface area contributed by atoms with Gasteiger partial charge in [0.25, 0.3) is 0 Å². The van der Waals surface area contributed by atoms with Crippen molar-refractivity contribution in [2.75, 3.05) is 0 Å². The van der Waals surface area contributed by atoms with Crippen LogP contribution in [-0.4, -0.2) is 20.5 Å². The minimum atomic E-state index is -0.419. The topological polar surface area (TPSA) is 57.0 Å². The predicted molar refractivity (Wildman–Crippen MR) is 95.0 cm³/mol. The van der Waals surface area contributed by atoms with E-state index in [1.165, 1.54) is 0 Å². The number of carbonyl (C=O) groups excluding carboxylic acids is 1. The Kier molecular flexibility index (Phi) is 3.74. The molecule has 25 heavy (non-hydrogen) atoms. The lowest BCUT2D eigenvalue weighted by Gasteiger charge is -2.09. The van der Waals surface area contributed by atoms with Crippen LogP contribution in [0.2, 0.25) is 0 Å². The Bertz CT molecular complexity index is 1040. The summed E-state index contributed by atoms with van der Waals surface area (Å²) in [5, 5.41) is 0.961. The molecule has 0 unspecified atom stereocenters. The average molecular weight is 329 g/mol. The van der Waals surface area contributed by atoms with E-state index in [4.69, 9.17) is 4.74 Å². The number of fused-ring (bicyclic) bond motifs is 1. The minimum Gasteiger partial charge on any atom is -0.405 e. The van der Waals surface area contributed by atoms with E-state index in [9.17, 15) is 4.79 Å². The molecule has 0 aliphatic heterocycles. The maximum atomic E-state index is 12.5. The molecule has 0 N–H and O–H groups in total. The van der Waals surface area contributed by atoms with Crippen molar-refractivity contribution in [1.29, 1.82) is 0 Å². The number of rotatable bonds is 3. The number of nitrogens with zero attached hydrogens (tertiary/aromatic N) is 3. The molecule has 0 spiro atoms. The predicted octanol–water partition coefficient (Wildman–Crippen LogP) is 3.95. The Labute approximate surface area is 144 Å². The first-order chi connectivity index (χ1) is 12.2. The zero-order chi connectivity index (χ0) is 17.2. The fraction of sp³-hybridized carbons (Fsp3) is 0.0500. The third-order valence-electron chi connectivity index (χ3n) is 3.88. The second-order valence-corrected chi connectivity index (χ2v) is 5.68. The van der Waals surface area contributed by atoms with Crippen LogP contribution in [-0.2, 0) is 0 Å². The average Bonchev–Trinajstić information content (AvgIpc) is 3.00. The smallest absolute Gasteiger partial charge is 0.344 e. The van der Waals surface area contributed by atoms with Gasteiger partial charge in [-0.1, -0.05) is 29.8 Å². The van der Waals surface area contributed by atoms with Gasteiger partial charge in [-0.25, -0.2) is 19.3 Å². The van der Waals surface area contributed by atoms with Gasteiger partial charge in [-0.2, -0.15) is 0 Å². The van der Waals surface area contributed by atoms with E-state index in [2.05, 4.69) is 9.97 Å². The van der Waals surface area contributed by atoms with Gasteiger partial charge in [-0.05, 0) is 37.3 Å². The van der Waals surface area contributed by atoms with Gasteiger partial charge in [0.1, 0.15) is 0 Å². The fourth-order valence-corrected chi connectivity index (χ4v) is 2.73. The Hall–Kier alpha value is -3.47. The number of aromatic nitrogens is 3. The van der Waals surface area contributed by atoms with Crippen LogP contribution in [0.1, 0.15) is 15.9 Å². The summed E-state index contributed by atoms with van der Waals surface area (Å²) in [6.07, 6.45) is 3.32. The molecule has 4 aromatic rings. The largest absolute Gasteiger partial charge is 0.405 e. The van der Waals surface area contributed by atoms with Crippen molar-refractivity contribution in [2.24, 2.45) is 0 Å². The standard InChI is InChI=1S/C20H15N3O2/c1-14-8-9-17-16(12-14)13-18(23(17)20-21-10-5-11-22-20)25-19(24)15-6-3-2-4-7-15/h2-13H,1H3. The van der Waals surface area contributed by atoms with Crippen molar-refractivity contribution < 1.29 is 9.53 Å². The molecule has 0 fully saturated rings. The molecule has 0 aliphatic carbocycles. The summed E-state index contributed by atoms with van der Waals surface area (Å²) < 4.78 is 7.40. The third-order valence-corrected chi connectivity index (χ3v) is 3.88. The second kappa shape index (κ2) is 6.20. The quantitative estimate of drug-likeness (QED) is 0.534. The molecule has 5 heteroatoms. The molecule has 0 amide bonds. The zero-order valence-electron chi connectivity index (χ0n) is 13.6. The molecule has 0 atom stereocenters. The van der Waals surface area contributed by atoms with Crippen LogP contribution in [0.5, 0.6) is 5.88 Å². The molecule has 4 rings (SSSR count). The first-order valence-corrected chi connectivity index (χ1v) is 7.89. The highest BCUT2D eigenvalue weighted by Gasteiger charge is 2.17. The Morgan fingerprint density at radius 2 is 1.72 bits per heavy atom. The molecular weight excluding hydrogens is 314 g/mol. The van der Waals surface area contributed by atoms with Gasteiger partial charge in [0.15, 0.2) is 0 Å². The molecule has 0 saturated carbocycles. The number of aryl methyl sites for hydroxylation is 1. The lowest BCUT2D eigenvalue weighted by Crippen LogP contribution is -2.12. The normalized spacial score (nSPS) is 10.8. The van der Waals surface area contributed by atoms with Crippen molar-refractivity contribution >= 4 is 16.9 Å². The molecular formula is C20H15N3O2. The molecule has 0 radical (unpaired) electrons. The van der Waals surface area contributed by atoms with Gasteiger partial charge < -0.3 is 4.74 Å².